The Balaban J connectivity index is 1.24. The zero-order valence-electron chi connectivity index (χ0n) is 24.1. The van der Waals surface area contributed by atoms with Crippen LogP contribution in [0.5, 0.6) is 0 Å². The van der Waals surface area contributed by atoms with Crippen LogP contribution in [0.15, 0.2) is 161 Å². The zero-order valence-corrected chi connectivity index (χ0v) is 24.1. The molecule has 0 aliphatic rings. The molecule has 212 valence electrons. The van der Waals surface area contributed by atoms with Crippen LogP contribution in [0, 0.1) is 0 Å². The maximum atomic E-state index is 6.30. The van der Waals surface area contributed by atoms with Gasteiger partial charge in [-0.3, -0.25) is 9.97 Å². The summed E-state index contributed by atoms with van der Waals surface area (Å²) in [4.78, 5) is 10.9. The van der Waals surface area contributed by atoms with E-state index in [-0.39, 0.29) is 0 Å². The van der Waals surface area contributed by atoms with Crippen LogP contribution < -0.4 is 4.90 Å². The van der Waals surface area contributed by atoms with Crippen molar-refractivity contribution in [2.45, 2.75) is 0 Å². The molecule has 0 fully saturated rings. The molecular formula is C40H25N3O2. The minimum absolute atomic E-state index is 0.807. The molecule has 0 spiro atoms. The molecule has 9 rings (SSSR count). The Morgan fingerprint density at radius 2 is 0.956 bits per heavy atom. The lowest BCUT2D eigenvalue weighted by atomic mass is 9.98. The van der Waals surface area contributed by atoms with Crippen LogP contribution >= 0.6 is 0 Å². The molecule has 0 saturated carbocycles. The predicted molar refractivity (Wildman–Crippen MR) is 182 cm³/mol. The summed E-state index contributed by atoms with van der Waals surface area (Å²) < 4.78 is 12.6. The van der Waals surface area contributed by atoms with Crippen molar-refractivity contribution in [1.82, 2.24) is 9.97 Å². The van der Waals surface area contributed by atoms with E-state index in [1.807, 2.05) is 30.6 Å². The highest BCUT2D eigenvalue weighted by Crippen LogP contribution is 2.44. The number of nitrogens with zero attached hydrogens (tertiary/aromatic N) is 3. The number of fused-ring (bicyclic) bond motifs is 6. The molecule has 0 saturated heterocycles. The van der Waals surface area contributed by atoms with Gasteiger partial charge >= 0.3 is 0 Å². The van der Waals surface area contributed by atoms with Crippen molar-refractivity contribution in [3.8, 4) is 22.3 Å². The van der Waals surface area contributed by atoms with E-state index in [0.717, 1.165) is 72.1 Å². The van der Waals surface area contributed by atoms with Gasteiger partial charge < -0.3 is 13.7 Å². The van der Waals surface area contributed by atoms with Gasteiger partial charge in [-0.25, -0.2) is 0 Å². The third-order valence-corrected chi connectivity index (χ3v) is 8.48. The molecule has 0 aliphatic carbocycles. The molecular weight excluding hydrogens is 554 g/mol. The molecule has 4 heterocycles. The number of hydrogen-bond donors (Lipinski definition) is 0. The highest BCUT2D eigenvalue weighted by Gasteiger charge is 2.20. The Kier molecular flexibility index (Phi) is 5.74. The summed E-state index contributed by atoms with van der Waals surface area (Å²) >= 11 is 0. The Morgan fingerprint density at radius 3 is 1.58 bits per heavy atom. The summed E-state index contributed by atoms with van der Waals surface area (Å²) in [5.41, 5.74) is 10.9. The van der Waals surface area contributed by atoms with Crippen molar-refractivity contribution in [2.75, 3.05) is 4.90 Å². The number of furan rings is 2. The summed E-state index contributed by atoms with van der Waals surface area (Å²) in [6.07, 6.45) is 7.24. The Labute approximate surface area is 258 Å². The summed E-state index contributed by atoms with van der Waals surface area (Å²) in [7, 11) is 0. The van der Waals surface area contributed by atoms with Crippen LogP contribution in [0.1, 0.15) is 0 Å². The molecule has 45 heavy (non-hydrogen) atoms. The molecule has 0 radical (unpaired) electrons. The molecule has 5 aromatic carbocycles. The molecule has 9 aromatic rings. The molecule has 0 aliphatic heterocycles. The zero-order chi connectivity index (χ0) is 29.7. The highest BCUT2D eigenvalue weighted by molar-refractivity contribution is 6.07. The average molecular weight is 580 g/mol. The number of hydrogen-bond acceptors (Lipinski definition) is 5. The molecule has 0 N–H and O–H groups in total. The van der Waals surface area contributed by atoms with Crippen molar-refractivity contribution in [3.63, 3.8) is 0 Å². The standard InChI is InChI=1S/C40H25N3O2/c1-2-6-26(7-3-1)27-10-12-28(13-11-27)31-8-4-5-9-36(31)43(29-14-16-32-34-24-41-20-18-37(34)44-39(32)22-29)30-15-17-33-35-25-42-21-19-38(35)45-40(33)23-30/h1-25H. The molecule has 0 bridgehead atoms. The Bertz CT molecular complexity index is 2380. The number of anilines is 3. The quantitative estimate of drug-likeness (QED) is 0.203. The molecule has 4 aromatic heterocycles. The minimum Gasteiger partial charge on any atom is -0.456 e. The van der Waals surface area contributed by atoms with E-state index in [4.69, 9.17) is 8.83 Å². The molecule has 0 unspecified atom stereocenters. The first-order valence-corrected chi connectivity index (χ1v) is 14.9. The monoisotopic (exact) mass is 579 g/mol. The summed E-state index contributed by atoms with van der Waals surface area (Å²) in [5, 5.41) is 4.07. The lowest BCUT2D eigenvalue weighted by Gasteiger charge is -2.28. The second kappa shape index (κ2) is 10.2. The van der Waals surface area contributed by atoms with Gasteiger partial charge in [-0.15, -0.1) is 0 Å². The maximum absolute atomic E-state index is 6.30. The lowest BCUT2D eigenvalue weighted by Crippen LogP contribution is -2.11. The molecule has 5 nitrogen and oxygen atoms in total. The van der Waals surface area contributed by atoms with Crippen molar-refractivity contribution in [3.05, 3.63) is 152 Å². The van der Waals surface area contributed by atoms with Gasteiger partial charge in [0.15, 0.2) is 0 Å². The summed E-state index contributed by atoms with van der Waals surface area (Å²) in [5.74, 6) is 0. The Hall–Kier alpha value is -6.20. The van der Waals surface area contributed by atoms with Gasteiger partial charge in [-0.05, 0) is 59.2 Å². The second-order valence-electron chi connectivity index (χ2n) is 11.1. The van der Waals surface area contributed by atoms with Gasteiger partial charge in [0.05, 0.1) is 5.69 Å². The largest absolute Gasteiger partial charge is 0.456 e. The number of benzene rings is 5. The third-order valence-electron chi connectivity index (χ3n) is 8.48. The second-order valence-corrected chi connectivity index (χ2v) is 11.1. The van der Waals surface area contributed by atoms with Gasteiger partial charge in [-0.1, -0.05) is 72.8 Å². The van der Waals surface area contributed by atoms with Crippen LogP contribution in [-0.4, -0.2) is 9.97 Å². The van der Waals surface area contributed by atoms with E-state index in [1.54, 1.807) is 12.4 Å². The topological polar surface area (TPSA) is 55.3 Å². The fourth-order valence-electron chi connectivity index (χ4n) is 6.31. The first-order valence-electron chi connectivity index (χ1n) is 14.9. The smallest absolute Gasteiger partial charge is 0.138 e. The van der Waals surface area contributed by atoms with E-state index in [9.17, 15) is 0 Å². The van der Waals surface area contributed by atoms with E-state index in [1.165, 1.54) is 11.1 Å². The summed E-state index contributed by atoms with van der Waals surface area (Å²) in [6, 6.07) is 44.3. The first kappa shape index (κ1) is 25.3. The SMILES string of the molecule is c1ccc(-c2ccc(-c3ccccc3N(c3ccc4c(c3)oc3ccncc34)c3ccc4c(c3)oc3ccncc34)cc2)cc1. The van der Waals surface area contributed by atoms with Crippen molar-refractivity contribution in [1.29, 1.82) is 0 Å². The molecule has 0 atom stereocenters. The van der Waals surface area contributed by atoms with Crippen molar-refractivity contribution < 1.29 is 8.83 Å². The number of rotatable bonds is 5. The van der Waals surface area contributed by atoms with Crippen molar-refractivity contribution >= 4 is 60.9 Å². The highest BCUT2D eigenvalue weighted by atomic mass is 16.3. The van der Waals surface area contributed by atoms with Gasteiger partial charge in [0.1, 0.15) is 22.3 Å². The normalized spacial score (nSPS) is 11.6. The van der Waals surface area contributed by atoms with E-state index < -0.39 is 0 Å². The van der Waals surface area contributed by atoms with E-state index in [0.29, 0.717) is 0 Å². The fraction of sp³-hybridized carbons (Fsp3) is 0. The summed E-state index contributed by atoms with van der Waals surface area (Å²) in [6.45, 7) is 0. The van der Waals surface area contributed by atoms with Crippen LogP contribution in [-0.2, 0) is 0 Å². The van der Waals surface area contributed by atoms with Crippen LogP contribution in [0.3, 0.4) is 0 Å². The lowest BCUT2D eigenvalue weighted by molar-refractivity contribution is 0.668. The number of para-hydroxylation sites is 1. The van der Waals surface area contributed by atoms with Gasteiger partial charge in [-0.2, -0.15) is 0 Å². The van der Waals surface area contributed by atoms with E-state index in [2.05, 4.69) is 124 Å². The van der Waals surface area contributed by atoms with Crippen LogP contribution in [0.4, 0.5) is 17.1 Å². The predicted octanol–water partition coefficient (Wildman–Crippen LogP) is 11.1. The third kappa shape index (κ3) is 4.25. The van der Waals surface area contributed by atoms with Gasteiger partial charge in [0, 0.05) is 75.4 Å². The Morgan fingerprint density at radius 1 is 0.422 bits per heavy atom. The van der Waals surface area contributed by atoms with Crippen molar-refractivity contribution in [2.24, 2.45) is 0 Å². The first-order chi connectivity index (χ1) is 22.3. The van der Waals surface area contributed by atoms with Gasteiger partial charge in [0.25, 0.3) is 0 Å². The van der Waals surface area contributed by atoms with Crippen LogP contribution in [0.25, 0.3) is 66.1 Å². The van der Waals surface area contributed by atoms with Gasteiger partial charge in [0.2, 0.25) is 0 Å². The average Bonchev–Trinajstić information content (AvgIpc) is 3.67. The number of aromatic nitrogens is 2. The molecule has 5 heteroatoms. The fourth-order valence-corrected chi connectivity index (χ4v) is 6.31. The maximum Gasteiger partial charge on any atom is 0.138 e. The number of pyridine rings is 2. The van der Waals surface area contributed by atoms with Crippen LogP contribution in [0.2, 0.25) is 0 Å². The molecule has 0 amide bonds. The van der Waals surface area contributed by atoms with E-state index >= 15 is 0 Å². The minimum atomic E-state index is 0.807.